The monoisotopic (exact) mass is 189 g/mol. The second-order valence-corrected chi connectivity index (χ2v) is 3.75. The normalized spacial score (nSPS) is 33.9. The largest absolute Gasteiger partial charge is 0.350 e. The van der Waals surface area contributed by atoms with E-state index in [4.69, 9.17) is 4.74 Å². The standard InChI is InChI=1S/C11H11NO2/c13-10(9-4-2-1-3-5-9)11-8-12(11)6-7-14-11/h1-5H,6-8H2. The van der Waals surface area contributed by atoms with Crippen molar-refractivity contribution >= 4 is 5.78 Å². The van der Waals surface area contributed by atoms with Crippen LogP contribution in [0.15, 0.2) is 30.3 Å². The number of ketones is 1. The van der Waals surface area contributed by atoms with Gasteiger partial charge in [-0.15, -0.1) is 0 Å². The average Bonchev–Trinajstić information content (AvgIpc) is 2.82. The van der Waals surface area contributed by atoms with Crippen molar-refractivity contribution in [1.82, 2.24) is 4.90 Å². The van der Waals surface area contributed by atoms with Gasteiger partial charge in [-0.05, 0) is 0 Å². The molecule has 3 heteroatoms. The molecule has 0 radical (unpaired) electrons. The van der Waals surface area contributed by atoms with Crippen LogP contribution in [0.25, 0.3) is 0 Å². The van der Waals surface area contributed by atoms with Crippen LogP contribution in [0, 0.1) is 0 Å². The van der Waals surface area contributed by atoms with Gasteiger partial charge in [-0.25, -0.2) is 0 Å². The van der Waals surface area contributed by atoms with E-state index in [-0.39, 0.29) is 5.78 Å². The van der Waals surface area contributed by atoms with Gasteiger partial charge in [0.25, 0.3) is 0 Å². The molecule has 0 aliphatic carbocycles. The fraction of sp³-hybridized carbons (Fsp3) is 0.364. The SMILES string of the molecule is O=C(c1ccccc1)C12CN1CCO2. The smallest absolute Gasteiger partial charge is 0.211 e. The van der Waals surface area contributed by atoms with Gasteiger partial charge in [0, 0.05) is 12.1 Å². The number of hydrogen-bond acceptors (Lipinski definition) is 3. The highest BCUT2D eigenvalue weighted by Crippen LogP contribution is 2.40. The number of morpholine rings is 1. The van der Waals surface area contributed by atoms with Crippen molar-refractivity contribution in [1.29, 1.82) is 0 Å². The van der Waals surface area contributed by atoms with Gasteiger partial charge in [0.2, 0.25) is 5.78 Å². The van der Waals surface area contributed by atoms with Crippen LogP contribution in [0.3, 0.4) is 0 Å². The zero-order valence-corrected chi connectivity index (χ0v) is 7.77. The second kappa shape index (κ2) is 2.65. The van der Waals surface area contributed by atoms with E-state index >= 15 is 0 Å². The fourth-order valence-corrected chi connectivity index (χ4v) is 2.04. The molecule has 2 fully saturated rings. The molecule has 14 heavy (non-hydrogen) atoms. The van der Waals surface area contributed by atoms with E-state index in [1.807, 2.05) is 30.3 Å². The number of carbonyl (C=O) groups excluding carboxylic acids is 1. The number of Topliss-reactive ketones (excluding diaryl/α,β-unsaturated/α-hetero) is 1. The maximum Gasteiger partial charge on any atom is 0.211 e. The summed E-state index contributed by atoms with van der Waals surface area (Å²) < 4.78 is 5.51. The van der Waals surface area contributed by atoms with Gasteiger partial charge in [-0.1, -0.05) is 30.3 Å². The minimum atomic E-state index is -0.582. The number of carbonyl (C=O) groups is 1. The first-order valence-electron chi connectivity index (χ1n) is 4.82. The lowest BCUT2D eigenvalue weighted by atomic mass is 10.1. The first kappa shape index (κ1) is 8.15. The summed E-state index contributed by atoms with van der Waals surface area (Å²) in [5, 5.41) is 0. The van der Waals surface area contributed by atoms with Crippen molar-refractivity contribution in [2.24, 2.45) is 0 Å². The number of rotatable bonds is 2. The van der Waals surface area contributed by atoms with Crippen molar-refractivity contribution in [2.45, 2.75) is 5.72 Å². The van der Waals surface area contributed by atoms with E-state index in [1.54, 1.807) is 0 Å². The Morgan fingerprint density at radius 1 is 1.36 bits per heavy atom. The van der Waals surface area contributed by atoms with Gasteiger partial charge in [-0.2, -0.15) is 0 Å². The third-order valence-electron chi connectivity index (χ3n) is 2.91. The predicted octanol–water partition coefficient (Wildman–Crippen LogP) is 0.911. The van der Waals surface area contributed by atoms with Crippen LogP contribution in [0.2, 0.25) is 0 Å². The van der Waals surface area contributed by atoms with Crippen LogP contribution in [0.5, 0.6) is 0 Å². The number of hydrogen-bond donors (Lipinski definition) is 0. The Bertz CT molecular complexity index is 376. The maximum atomic E-state index is 12.0. The molecule has 2 aliphatic heterocycles. The van der Waals surface area contributed by atoms with Crippen molar-refractivity contribution < 1.29 is 9.53 Å². The van der Waals surface area contributed by atoms with Crippen LogP contribution < -0.4 is 0 Å². The Hall–Kier alpha value is -1.19. The average molecular weight is 189 g/mol. The summed E-state index contributed by atoms with van der Waals surface area (Å²) in [5.41, 5.74) is 0.165. The second-order valence-electron chi connectivity index (χ2n) is 3.75. The lowest BCUT2D eigenvalue weighted by Gasteiger charge is -2.09. The Labute approximate surface area is 82.3 Å². The zero-order chi connectivity index (χ0) is 9.60. The molecule has 2 aliphatic rings. The van der Waals surface area contributed by atoms with E-state index in [0.717, 1.165) is 18.7 Å². The van der Waals surface area contributed by atoms with Crippen LogP contribution in [-0.2, 0) is 4.74 Å². The lowest BCUT2D eigenvalue weighted by molar-refractivity contribution is 0.0433. The van der Waals surface area contributed by atoms with E-state index in [2.05, 4.69) is 4.90 Å². The highest BCUT2D eigenvalue weighted by molar-refractivity contribution is 6.04. The highest BCUT2D eigenvalue weighted by Gasteiger charge is 2.62. The molecule has 0 aromatic heterocycles. The Morgan fingerprint density at radius 3 is 2.71 bits per heavy atom. The van der Waals surface area contributed by atoms with E-state index in [1.165, 1.54) is 0 Å². The molecule has 1 aromatic carbocycles. The van der Waals surface area contributed by atoms with Crippen molar-refractivity contribution in [3.63, 3.8) is 0 Å². The third-order valence-corrected chi connectivity index (χ3v) is 2.91. The van der Waals surface area contributed by atoms with Crippen molar-refractivity contribution in [2.75, 3.05) is 19.7 Å². The summed E-state index contributed by atoms with van der Waals surface area (Å²) in [4.78, 5) is 14.1. The van der Waals surface area contributed by atoms with Crippen LogP contribution in [-0.4, -0.2) is 36.1 Å². The van der Waals surface area contributed by atoms with Crippen LogP contribution in [0.1, 0.15) is 10.4 Å². The number of nitrogens with zero attached hydrogens (tertiary/aromatic N) is 1. The zero-order valence-electron chi connectivity index (χ0n) is 7.77. The summed E-state index contributed by atoms with van der Waals surface area (Å²) in [5.74, 6) is 0.107. The Balaban J connectivity index is 1.91. The van der Waals surface area contributed by atoms with Gasteiger partial charge in [0.05, 0.1) is 13.2 Å². The van der Waals surface area contributed by atoms with Crippen LogP contribution >= 0.6 is 0 Å². The molecule has 0 amide bonds. The molecule has 2 heterocycles. The predicted molar refractivity (Wildman–Crippen MR) is 51.0 cm³/mol. The van der Waals surface area contributed by atoms with E-state index in [9.17, 15) is 4.79 Å². The molecule has 72 valence electrons. The first-order valence-corrected chi connectivity index (χ1v) is 4.82. The van der Waals surface area contributed by atoms with Gasteiger partial charge in [0.1, 0.15) is 0 Å². The molecular formula is C11H11NO2. The van der Waals surface area contributed by atoms with Crippen LogP contribution in [0.4, 0.5) is 0 Å². The molecule has 2 atom stereocenters. The molecule has 0 bridgehead atoms. The first-order chi connectivity index (χ1) is 6.83. The molecule has 3 nitrogen and oxygen atoms in total. The number of ether oxygens (including phenoxy) is 1. The fourth-order valence-electron chi connectivity index (χ4n) is 2.04. The molecule has 3 rings (SSSR count). The third kappa shape index (κ3) is 0.966. The highest BCUT2D eigenvalue weighted by atomic mass is 16.6. The topological polar surface area (TPSA) is 29.3 Å². The number of benzene rings is 1. The summed E-state index contributed by atoms with van der Waals surface area (Å²) in [6, 6.07) is 9.36. The molecule has 1 aromatic rings. The molecule has 0 N–H and O–H groups in total. The quantitative estimate of drug-likeness (QED) is 0.511. The van der Waals surface area contributed by atoms with Crippen molar-refractivity contribution in [3.05, 3.63) is 35.9 Å². The molecular weight excluding hydrogens is 178 g/mol. The molecule has 2 unspecified atom stereocenters. The van der Waals surface area contributed by atoms with E-state index in [0.29, 0.717) is 6.61 Å². The van der Waals surface area contributed by atoms with Gasteiger partial charge >= 0.3 is 0 Å². The summed E-state index contributed by atoms with van der Waals surface area (Å²) in [7, 11) is 0. The van der Waals surface area contributed by atoms with E-state index < -0.39 is 5.72 Å². The van der Waals surface area contributed by atoms with Crippen molar-refractivity contribution in [3.8, 4) is 0 Å². The van der Waals surface area contributed by atoms with Gasteiger partial charge in [0.15, 0.2) is 5.72 Å². The molecule has 0 saturated carbocycles. The van der Waals surface area contributed by atoms with Gasteiger partial charge in [-0.3, -0.25) is 9.69 Å². The summed E-state index contributed by atoms with van der Waals surface area (Å²) >= 11 is 0. The maximum absolute atomic E-state index is 12.0. The Morgan fingerprint density at radius 2 is 2.14 bits per heavy atom. The minimum Gasteiger partial charge on any atom is -0.350 e. The number of fused-ring (bicyclic) bond motifs is 1. The lowest BCUT2D eigenvalue weighted by Crippen LogP contribution is -2.27. The summed E-state index contributed by atoms with van der Waals surface area (Å²) in [6.07, 6.45) is 0. The molecule has 0 spiro atoms. The van der Waals surface area contributed by atoms with Gasteiger partial charge < -0.3 is 4.74 Å². The summed E-state index contributed by atoms with van der Waals surface area (Å²) in [6.45, 7) is 2.33. The minimum absolute atomic E-state index is 0.107. The Kier molecular flexibility index (Phi) is 1.54. The molecule has 2 saturated heterocycles.